The fourth-order valence-electron chi connectivity index (χ4n) is 2.15. The van der Waals surface area contributed by atoms with Gasteiger partial charge in [-0.3, -0.25) is 14.5 Å². The molecule has 2 amide bonds. The first-order valence-corrected chi connectivity index (χ1v) is 6.29. The highest BCUT2D eigenvalue weighted by atomic mass is 16.4. The molecule has 19 heavy (non-hydrogen) atoms. The number of hydrogen-bond acceptors (Lipinski definition) is 3. The minimum Gasteiger partial charge on any atom is -0.478 e. The summed E-state index contributed by atoms with van der Waals surface area (Å²) in [5.74, 6) is -1.82. The molecule has 1 N–H and O–H groups in total. The lowest BCUT2D eigenvalue weighted by molar-refractivity contribution is 0.0650. The van der Waals surface area contributed by atoms with Gasteiger partial charge in [0.2, 0.25) is 0 Å². The van der Waals surface area contributed by atoms with Crippen molar-refractivity contribution in [2.45, 2.75) is 26.2 Å². The zero-order valence-electron chi connectivity index (χ0n) is 10.7. The topological polar surface area (TPSA) is 74.7 Å². The molecule has 1 aliphatic heterocycles. The summed E-state index contributed by atoms with van der Waals surface area (Å²) in [6.45, 7) is 2.43. The second-order valence-electron chi connectivity index (χ2n) is 4.53. The van der Waals surface area contributed by atoms with Gasteiger partial charge in [0.05, 0.1) is 16.7 Å². The van der Waals surface area contributed by atoms with Crippen LogP contribution >= 0.6 is 0 Å². The Bertz CT molecular complexity index is 550. The average Bonchev–Trinajstić information content (AvgIpc) is 2.63. The highest BCUT2D eigenvalue weighted by Crippen LogP contribution is 2.24. The Morgan fingerprint density at radius 1 is 1.16 bits per heavy atom. The summed E-state index contributed by atoms with van der Waals surface area (Å²) in [7, 11) is 0. The lowest BCUT2D eigenvalue weighted by Gasteiger charge is -2.12. The largest absolute Gasteiger partial charge is 0.478 e. The third kappa shape index (κ3) is 2.36. The third-order valence-electron chi connectivity index (χ3n) is 3.20. The molecule has 0 fully saturated rings. The van der Waals surface area contributed by atoms with Crippen LogP contribution in [0.1, 0.15) is 57.3 Å². The number of nitrogens with zero attached hydrogens (tertiary/aromatic N) is 1. The van der Waals surface area contributed by atoms with E-state index in [0.717, 1.165) is 19.3 Å². The molecule has 1 aliphatic rings. The number of imide groups is 1. The van der Waals surface area contributed by atoms with Gasteiger partial charge in [0.15, 0.2) is 0 Å². The predicted molar refractivity (Wildman–Crippen MR) is 68.3 cm³/mol. The molecule has 0 aromatic heterocycles. The molecule has 0 saturated heterocycles. The van der Waals surface area contributed by atoms with E-state index in [1.54, 1.807) is 0 Å². The second kappa shape index (κ2) is 5.22. The van der Waals surface area contributed by atoms with E-state index >= 15 is 0 Å². The molecule has 1 heterocycles. The molecule has 100 valence electrons. The molecule has 0 bridgehead atoms. The number of fused-ring (bicyclic) bond motifs is 1. The summed E-state index contributed by atoms with van der Waals surface area (Å²) < 4.78 is 0. The van der Waals surface area contributed by atoms with Crippen molar-refractivity contribution in [2.75, 3.05) is 6.54 Å². The molecular formula is C14H15NO4. The molecule has 1 aromatic carbocycles. The Labute approximate surface area is 110 Å². The van der Waals surface area contributed by atoms with Crippen LogP contribution < -0.4 is 0 Å². The minimum atomic E-state index is -1.10. The molecular weight excluding hydrogens is 246 g/mol. The lowest BCUT2D eigenvalue weighted by atomic mass is 10.1. The van der Waals surface area contributed by atoms with Crippen LogP contribution in [0.25, 0.3) is 0 Å². The van der Waals surface area contributed by atoms with Gasteiger partial charge in [0, 0.05) is 6.54 Å². The molecule has 0 radical (unpaired) electrons. The summed E-state index contributed by atoms with van der Waals surface area (Å²) in [6.07, 6.45) is 2.73. The first-order chi connectivity index (χ1) is 9.06. The number of carbonyl (C=O) groups excluding carboxylic acids is 2. The van der Waals surface area contributed by atoms with Crippen LogP contribution in [0.5, 0.6) is 0 Å². The summed E-state index contributed by atoms with van der Waals surface area (Å²) in [5.41, 5.74) is 0.517. The molecule has 0 saturated carbocycles. The maximum absolute atomic E-state index is 12.1. The number of amides is 2. The monoisotopic (exact) mass is 261 g/mol. The van der Waals surface area contributed by atoms with Crippen LogP contribution in [0.4, 0.5) is 0 Å². The summed E-state index contributed by atoms with van der Waals surface area (Å²) in [5, 5.41) is 8.90. The Kier molecular flexibility index (Phi) is 3.64. The molecule has 0 spiro atoms. The van der Waals surface area contributed by atoms with Crippen molar-refractivity contribution in [1.82, 2.24) is 4.90 Å². The lowest BCUT2D eigenvalue weighted by Crippen LogP contribution is -2.30. The van der Waals surface area contributed by atoms with Gasteiger partial charge in [-0.2, -0.15) is 0 Å². The second-order valence-corrected chi connectivity index (χ2v) is 4.53. The van der Waals surface area contributed by atoms with Gasteiger partial charge in [0.1, 0.15) is 0 Å². The fraction of sp³-hybridized carbons (Fsp3) is 0.357. The van der Waals surface area contributed by atoms with Crippen LogP contribution in [0, 0.1) is 0 Å². The maximum atomic E-state index is 12.1. The highest BCUT2D eigenvalue weighted by molar-refractivity contribution is 6.21. The first kappa shape index (κ1) is 13.3. The summed E-state index contributed by atoms with van der Waals surface area (Å²) in [4.78, 5) is 36.2. The van der Waals surface area contributed by atoms with Crippen LogP contribution in [0.15, 0.2) is 18.2 Å². The highest BCUT2D eigenvalue weighted by Gasteiger charge is 2.35. The van der Waals surface area contributed by atoms with Crippen molar-refractivity contribution >= 4 is 17.8 Å². The van der Waals surface area contributed by atoms with Crippen molar-refractivity contribution in [1.29, 1.82) is 0 Å². The molecule has 0 aliphatic carbocycles. The fourth-order valence-corrected chi connectivity index (χ4v) is 2.15. The smallest absolute Gasteiger partial charge is 0.335 e. The van der Waals surface area contributed by atoms with E-state index in [-0.39, 0.29) is 22.9 Å². The number of benzene rings is 1. The van der Waals surface area contributed by atoms with Crippen LogP contribution in [-0.2, 0) is 0 Å². The number of rotatable bonds is 5. The molecule has 1 aromatic rings. The van der Waals surface area contributed by atoms with Crippen LogP contribution in [0.3, 0.4) is 0 Å². The van der Waals surface area contributed by atoms with Gasteiger partial charge in [-0.25, -0.2) is 4.79 Å². The average molecular weight is 261 g/mol. The Morgan fingerprint density at radius 3 is 2.47 bits per heavy atom. The van der Waals surface area contributed by atoms with E-state index in [9.17, 15) is 14.4 Å². The van der Waals surface area contributed by atoms with Crippen LogP contribution in [0.2, 0.25) is 0 Å². The normalized spacial score (nSPS) is 13.8. The van der Waals surface area contributed by atoms with E-state index < -0.39 is 5.97 Å². The number of carbonyl (C=O) groups is 3. The maximum Gasteiger partial charge on any atom is 0.335 e. The SMILES string of the molecule is CCCCCN1C(=O)c2ccc(C(=O)O)cc2C1=O. The van der Waals surface area contributed by atoms with Crippen molar-refractivity contribution < 1.29 is 19.5 Å². The Morgan fingerprint density at radius 2 is 1.84 bits per heavy atom. The first-order valence-electron chi connectivity index (χ1n) is 6.29. The zero-order valence-corrected chi connectivity index (χ0v) is 10.7. The van der Waals surface area contributed by atoms with E-state index in [4.69, 9.17) is 5.11 Å². The number of hydrogen-bond donors (Lipinski definition) is 1. The Hall–Kier alpha value is -2.17. The van der Waals surface area contributed by atoms with Gasteiger partial charge >= 0.3 is 5.97 Å². The number of unbranched alkanes of at least 4 members (excludes halogenated alkanes) is 2. The summed E-state index contributed by atoms with van der Waals surface area (Å²) >= 11 is 0. The van der Waals surface area contributed by atoms with Gasteiger partial charge in [-0.05, 0) is 24.6 Å². The van der Waals surface area contributed by atoms with Crippen molar-refractivity contribution in [3.63, 3.8) is 0 Å². The zero-order chi connectivity index (χ0) is 14.0. The predicted octanol–water partition coefficient (Wildman–Crippen LogP) is 2.17. The molecule has 0 unspecified atom stereocenters. The van der Waals surface area contributed by atoms with Gasteiger partial charge < -0.3 is 5.11 Å². The minimum absolute atomic E-state index is 0.0234. The van der Waals surface area contributed by atoms with Gasteiger partial charge in [-0.1, -0.05) is 19.8 Å². The summed E-state index contributed by atoms with van der Waals surface area (Å²) in [6, 6.07) is 4.04. The quantitative estimate of drug-likeness (QED) is 0.651. The Balaban J connectivity index is 2.26. The third-order valence-corrected chi connectivity index (χ3v) is 3.20. The van der Waals surface area contributed by atoms with Gasteiger partial charge in [-0.15, -0.1) is 0 Å². The number of carboxylic acid groups (broad SMARTS) is 1. The van der Waals surface area contributed by atoms with E-state index in [1.165, 1.54) is 23.1 Å². The number of aromatic carboxylic acids is 1. The van der Waals surface area contributed by atoms with Crippen LogP contribution in [-0.4, -0.2) is 34.3 Å². The van der Waals surface area contributed by atoms with Crippen molar-refractivity contribution in [2.24, 2.45) is 0 Å². The number of carboxylic acids is 1. The van der Waals surface area contributed by atoms with Crippen molar-refractivity contribution in [3.05, 3.63) is 34.9 Å². The van der Waals surface area contributed by atoms with Crippen molar-refractivity contribution in [3.8, 4) is 0 Å². The molecule has 5 heteroatoms. The van der Waals surface area contributed by atoms with Gasteiger partial charge in [0.25, 0.3) is 11.8 Å². The molecule has 2 rings (SSSR count). The molecule has 0 atom stereocenters. The van der Waals surface area contributed by atoms with E-state index in [0.29, 0.717) is 12.1 Å². The van der Waals surface area contributed by atoms with E-state index in [1.807, 2.05) is 6.92 Å². The molecule has 5 nitrogen and oxygen atoms in total. The standard InChI is InChI=1S/C14H15NO4/c1-2-3-4-7-15-12(16)10-6-5-9(14(18)19)8-11(10)13(15)17/h5-6,8H,2-4,7H2,1H3,(H,18,19). The van der Waals surface area contributed by atoms with E-state index in [2.05, 4.69) is 0 Å².